The van der Waals surface area contributed by atoms with Gasteiger partial charge in [-0.1, -0.05) is 0 Å². The molecule has 3 heterocycles. The maximum atomic E-state index is 12.0. The van der Waals surface area contributed by atoms with Crippen molar-refractivity contribution in [1.29, 1.82) is 0 Å². The molecule has 1 aromatic rings. The number of hydrogen-bond acceptors (Lipinski definition) is 10. The number of carbonyl (C=O) groups is 1. The summed E-state index contributed by atoms with van der Waals surface area (Å²) in [5.41, 5.74) is -0.984. The van der Waals surface area contributed by atoms with E-state index in [2.05, 4.69) is 4.98 Å². The van der Waals surface area contributed by atoms with Crippen LogP contribution in [-0.4, -0.2) is 90.6 Å². The number of aromatic nitrogens is 2. The monoisotopic (exact) mass is 418 g/mol. The van der Waals surface area contributed by atoms with Gasteiger partial charge in [0.1, 0.15) is 30.6 Å². The zero-order chi connectivity index (χ0) is 21.5. The molecule has 6 N–H and O–H groups in total. The average molecular weight is 418 g/mol. The van der Waals surface area contributed by atoms with Gasteiger partial charge in [-0.3, -0.25) is 14.3 Å². The number of nitrogens with one attached hydrogen (secondary N) is 1. The Kier molecular flexibility index (Phi) is 6.19. The van der Waals surface area contributed by atoms with Crippen LogP contribution >= 0.6 is 0 Å². The van der Waals surface area contributed by atoms with E-state index in [1.807, 2.05) is 0 Å². The number of carboxylic acid groups (broad SMARTS) is 1. The summed E-state index contributed by atoms with van der Waals surface area (Å²) in [5.74, 6) is -1.55. The first kappa shape index (κ1) is 21.6. The molecule has 13 heteroatoms. The molecule has 0 saturated carbocycles. The Hall–Kier alpha value is -2.13. The zero-order valence-electron chi connectivity index (χ0n) is 15.2. The van der Waals surface area contributed by atoms with Crippen LogP contribution in [0.15, 0.2) is 15.8 Å². The van der Waals surface area contributed by atoms with E-state index in [9.17, 15) is 34.8 Å². The van der Waals surface area contributed by atoms with Crippen molar-refractivity contribution in [2.45, 2.75) is 62.5 Å². The molecule has 13 nitrogen and oxygen atoms in total. The maximum Gasteiger partial charge on any atom is 0.335 e. The van der Waals surface area contributed by atoms with Crippen LogP contribution in [0.4, 0.5) is 0 Å². The van der Waals surface area contributed by atoms with E-state index in [4.69, 9.17) is 19.3 Å². The first-order chi connectivity index (χ1) is 13.6. The number of aliphatic hydroxyl groups excluding tert-OH is 4. The van der Waals surface area contributed by atoms with Crippen LogP contribution in [0, 0.1) is 6.92 Å². The average Bonchev–Trinajstić information content (AvgIpc) is 3.02. The molecule has 0 bridgehead atoms. The number of aliphatic hydroxyl groups is 4. The van der Waals surface area contributed by atoms with E-state index in [-0.39, 0.29) is 18.6 Å². The van der Waals surface area contributed by atoms with Gasteiger partial charge in [-0.15, -0.1) is 0 Å². The second-order valence-corrected chi connectivity index (χ2v) is 6.98. The van der Waals surface area contributed by atoms with Crippen LogP contribution < -0.4 is 11.2 Å². The topological polar surface area (TPSA) is 201 Å². The van der Waals surface area contributed by atoms with Crippen molar-refractivity contribution in [2.75, 3.05) is 6.61 Å². The Labute approximate surface area is 162 Å². The Morgan fingerprint density at radius 3 is 2.55 bits per heavy atom. The molecule has 162 valence electrons. The summed E-state index contributed by atoms with van der Waals surface area (Å²) in [4.78, 5) is 36.7. The molecule has 29 heavy (non-hydrogen) atoms. The third-order valence-electron chi connectivity index (χ3n) is 4.90. The molecule has 0 aliphatic carbocycles. The predicted octanol–water partition coefficient (Wildman–Crippen LogP) is -3.60. The summed E-state index contributed by atoms with van der Waals surface area (Å²) >= 11 is 0. The summed E-state index contributed by atoms with van der Waals surface area (Å²) in [7, 11) is 0. The van der Waals surface area contributed by atoms with Crippen LogP contribution in [0.2, 0.25) is 0 Å². The molecule has 0 amide bonds. The smallest absolute Gasteiger partial charge is 0.335 e. The number of aryl methyl sites for hydroxylation is 1. The molecule has 2 saturated heterocycles. The highest BCUT2D eigenvalue weighted by Crippen LogP contribution is 2.29. The fraction of sp³-hybridized carbons (Fsp3) is 0.688. The van der Waals surface area contributed by atoms with E-state index < -0.39 is 66.4 Å². The van der Waals surface area contributed by atoms with Gasteiger partial charge >= 0.3 is 11.7 Å². The van der Waals surface area contributed by atoms with Gasteiger partial charge in [0.25, 0.3) is 5.56 Å². The molecule has 0 radical (unpaired) electrons. The summed E-state index contributed by atoms with van der Waals surface area (Å²) in [6, 6.07) is 0. The molecule has 0 aromatic carbocycles. The van der Waals surface area contributed by atoms with Crippen molar-refractivity contribution >= 4 is 5.97 Å². The second-order valence-electron chi connectivity index (χ2n) is 6.98. The van der Waals surface area contributed by atoms with Crippen LogP contribution in [0.25, 0.3) is 0 Å². The molecule has 3 rings (SSSR count). The number of nitrogens with zero attached hydrogens (tertiary/aromatic N) is 1. The third kappa shape index (κ3) is 4.25. The summed E-state index contributed by atoms with van der Waals surface area (Å²) < 4.78 is 17.0. The Morgan fingerprint density at radius 1 is 1.21 bits per heavy atom. The Bertz CT molecular complexity index is 867. The quantitative estimate of drug-likeness (QED) is 0.276. The first-order valence-electron chi connectivity index (χ1n) is 8.79. The zero-order valence-corrected chi connectivity index (χ0v) is 15.2. The molecular formula is C16H22N2O11. The van der Waals surface area contributed by atoms with Crippen molar-refractivity contribution < 1.29 is 44.5 Å². The lowest BCUT2D eigenvalue weighted by atomic mass is 9.99. The largest absolute Gasteiger partial charge is 0.479 e. The summed E-state index contributed by atoms with van der Waals surface area (Å²) in [6.07, 6.45) is -10.5. The van der Waals surface area contributed by atoms with Crippen LogP contribution in [0.1, 0.15) is 18.2 Å². The van der Waals surface area contributed by atoms with Crippen LogP contribution in [-0.2, 0) is 19.0 Å². The predicted molar refractivity (Wildman–Crippen MR) is 90.9 cm³/mol. The number of aromatic amines is 1. The minimum Gasteiger partial charge on any atom is -0.479 e. The number of H-pyrrole nitrogens is 1. The lowest BCUT2D eigenvalue weighted by molar-refractivity contribution is -0.299. The minimum absolute atomic E-state index is 0.00653. The second kappa shape index (κ2) is 8.31. The lowest BCUT2D eigenvalue weighted by Gasteiger charge is -2.38. The molecule has 2 aliphatic heterocycles. The van der Waals surface area contributed by atoms with Gasteiger partial charge in [-0.05, 0) is 6.92 Å². The van der Waals surface area contributed by atoms with Crippen LogP contribution in [0.5, 0.6) is 0 Å². The highest BCUT2D eigenvalue weighted by molar-refractivity contribution is 5.73. The highest BCUT2D eigenvalue weighted by atomic mass is 16.7. The van der Waals surface area contributed by atoms with Gasteiger partial charge in [0.05, 0.1) is 12.7 Å². The molecule has 0 unspecified atom stereocenters. The lowest BCUT2D eigenvalue weighted by Crippen LogP contribution is -2.60. The van der Waals surface area contributed by atoms with E-state index in [1.54, 1.807) is 0 Å². The summed E-state index contributed by atoms with van der Waals surface area (Å²) in [6.45, 7) is 1.13. The van der Waals surface area contributed by atoms with E-state index >= 15 is 0 Å². The molecule has 8 atom stereocenters. The maximum absolute atomic E-state index is 12.0. The molecule has 2 fully saturated rings. The normalized spacial score (nSPS) is 37.6. The summed E-state index contributed by atoms with van der Waals surface area (Å²) in [5, 5.41) is 48.6. The van der Waals surface area contributed by atoms with Gasteiger partial charge in [0, 0.05) is 18.2 Å². The van der Waals surface area contributed by atoms with Crippen molar-refractivity contribution in [3.05, 3.63) is 32.6 Å². The number of carboxylic acids is 1. The van der Waals surface area contributed by atoms with Gasteiger partial charge < -0.3 is 39.7 Å². The van der Waals surface area contributed by atoms with Gasteiger partial charge in [0.2, 0.25) is 0 Å². The standard InChI is InChI=1S/C16H22N2O11/c1-5-3-18(16(26)17-13(5)23)8-2-6(19)7(28-8)4-27-15-11(22)9(20)10(21)12(29-15)14(24)25/h3,6-12,15,19-22H,2,4H2,1H3,(H,24,25)(H,17,23,26)/t6-,7+,8+,9-,10-,11+,12-,15+/m0/s1. The van der Waals surface area contributed by atoms with Gasteiger partial charge in [0.15, 0.2) is 12.4 Å². The van der Waals surface area contributed by atoms with Crippen molar-refractivity contribution in [3.63, 3.8) is 0 Å². The minimum atomic E-state index is -1.85. The van der Waals surface area contributed by atoms with Crippen molar-refractivity contribution in [1.82, 2.24) is 9.55 Å². The van der Waals surface area contributed by atoms with E-state index in [0.717, 1.165) is 4.57 Å². The fourth-order valence-corrected chi connectivity index (χ4v) is 3.22. The fourth-order valence-electron chi connectivity index (χ4n) is 3.22. The first-order valence-corrected chi connectivity index (χ1v) is 8.79. The number of ether oxygens (including phenoxy) is 3. The van der Waals surface area contributed by atoms with Crippen molar-refractivity contribution in [2.24, 2.45) is 0 Å². The Balaban J connectivity index is 1.65. The molecular weight excluding hydrogens is 396 g/mol. The van der Waals surface area contributed by atoms with E-state index in [0.29, 0.717) is 0 Å². The number of aliphatic carboxylic acids is 1. The third-order valence-corrected chi connectivity index (χ3v) is 4.90. The van der Waals surface area contributed by atoms with E-state index in [1.165, 1.54) is 13.1 Å². The van der Waals surface area contributed by atoms with Gasteiger partial charge in [-0.2, -0.15) is 0 Å². The SMILES string of the molecule is Cc1cn([C@H]2C[C@H](O)[C@@H](CO[C@@H]3O[C@H](C(=O)O)[C@@H](O)[C@H](O)[C@H]3O)O2)c(=O)[nH]c1=O. The number of hydrogen-bond donors (Lipinski definition) is 6. The number of rotatable bonds is 5. The van der Waals surface area contributed by atoms with Crippen molar-refractivity contribution in [3.8, 4) is 0 Å². The van der Waals surface area contributed by atoms with Crippen LogP contribution in [0.3, 0.4) is 0 Å². The highest BCUT2D eigenvalue weighted by Gasteiger charge is 2.48. The van der Waals surface area contributed by atoms with Gasteiger partial charge in [-0.25, -0.2) is 9.59 Å². The molecule has 0 spiro atoms. The molecule has 2 aliphatic rings. The Morgan fingerprint density at radius 2 is 1.90 bits per heavy atom. The molecule has 1 aromatic heterocycles.